The predicted octanol–water partition coefficient (Wildman–Crippen LogP) is 1.79. The Kier molecular flexibility index (Phi) is 5.05. The highest BCUT2D eigenvalue weighted by Crippen LogP contribution is 2.20. The normalized spacial score (nSPS) is 15.2. The van der Waals surface area contributed by atoms with Crippen LogP contribution in [0.3, 0.4) is 0 Å². The molecule has 24 heavy (non-hydrogen) atoms. The summed E-state index contributed by atoms with van der Waals surface area (Å²) < 4.78 is 4.66. The van der Waals surface area contributed by atoms with Crippen molar-refractivity contribution < 1.29 is 9.53 Å². The minimum Gasteiger partial charge on any atom is -0.464 e. The van der Waals surface area contributed by atoms with Crippen molar-refractivity contribution in [1.82, 2.24) is 19.9 Å². The molecule has 0 atom stereocenters. The Bertz CT molecular complexity index is 706. The molecular weight excluding hydrogens is 332 g/mol. The summed E-state index contributed by atoms with van der Waals surface area (Å²) >= 11 is 5.88. The van der Waals surface area contributed by atoms with Gasteiger partial charge in [0, 0.05) is 31.4 Å². The standard InChI is InChI=1S/C15H17ClN6O2/c1-24-14(23)11-8-12(21-15(16)20-11)19-10-3-6-22(7-4-10)13-2-5-17-9-18-13/h2,5,8-10H,3-4,6-7H2,1H3,(H,19,20,21). The number of carbonyl (C=O) groups excluding carboxylic acids is 1. The number of hydrogen-bond acceptors (Lipinski definition) is 8. The van der Waals surface area contributed by atoms with E-state index in [1.165, 1.54) is 7.11 Å². The molecule has 0 bridgehead atoms. The molecule has 1 aliphatic heterocycles. The van der Waals surface area contributed by atoms with Crippen LogP contribution in [0, 0.1) is 0 Å². The van der Waals surface area contributed by atoms with Crippen LogP contribution in [0.5, 0.6) is 0 Å². The third-order valence-corrected chi connectivity index (χ3v) is 4.00. The maximum Gasteiger partial charge on any atom is 0.356 e. The molecule has 1 N–H and O–H groups in total. The van der Waals surface area contributed by atoms with Gasteiger partial charge in [-0.3, -0.25) is 0 Å². The maximum atomic E-state index is 11.6. The van der Waals surface area contributed by atoms with Crippen LogP contribution in [0.2, 0.25) is 5.28 Å². The third kappa shape index (κ3) is 3.88. The average molecular weight is 349 g/mol. The molecule has 126 valence electrons. The molecule has 0 radical (unpaired) electrons. The SMILES string of the molecule is COC(=O)c1cc(NC2CCN(c3ccncn3)CC2)nc(Cl)n1. The zero-order valence-electron chi connectivity index (χ0n) is 13.1. The van der Waals surface area contributed by atoms with Crippen LogP contribution in [0.1, 0.15) is 23.3 Å². The summed E-state index contributed by atoms with van der Waals surface area (Å²) in [5.41, 5.74) is 0.137. The van der Waals surface area contributed by atoms with Crippen LogP contribution < -0.4 is 10.2 Å². The Morgan fingerprint density at radius 3 is 2.83 bits per heavy atom. The first-order valence-electron chi connectivity index (χ1n) is 7.56. The van der Waals surface area contributed by atoms with Gasteiger partial charge >= 0.3 is 5.97 Å². The van der Waals surface area contributed by atoms with E-state index in [9.17, 15) is 4.79 Å². The first-order valence-corrected chi connectivity index (χ1v) is 7.94. The molecule has 3 heterocycles. The van der Waals surface area contributed by atoms with E-state index in [2.05, 4.69) is 34.9 Å². The minimum atomic E-state index is -0.541. The van der Waals surface area contributed by atoms with E-state index in [-0.39, 0.29) is 17.0 Å². The van der Waals surface area contributed by atoms with Gasteiger partial charge in [0.2, 0.25) is 5.28 Å². The molecule has 9 heteroatoms. The molecule has 2 aromatic heterocycles. The van der Waals surface area contributed by atoms with Crippen molar-refractivity contribution in [2.75, 3.05) is 30.4 Å². The summed E-state index contributed by atoms with van der Waals surface area (Å²) in [6, 6.07) is 3.69. The Balaban J connectivity index is 1.62. The van der Waals surface area contributed by atoms with Crippen molar-refractivity contribution in [3.8, 4) is 0 Å². The monoisotopic (exact) mass is 348 g/mol. The van der Waals surface area contributed by atoms with E-state index >= 15 is 0 Å². The van der Waals surface area contributed by atoms with Gasteiger partial charge in [-0.1, -0.05) is 0 Å². The number of nitrogens with zero attached hydrogens (tertiary/aromatic N) is 5. The van der Waals surface area contributed by atoms with Gasteiger partial charge in [-0.15, -0.1) is 0 Å². The first kappa shape index (κ1) is 16.4. The fraction of sp³-hybridized carbons (Fsp3) is 0.400. The number of ether oxygens (including phenoxy) is 1. The number of methoxy groups -OCH3 is 1. The van der Waals surface area contributed by atoms with Crippen LogP contribution >= 0.6 is 11.6 Å². The van der Waals surface area contributed by atoms with E-state index < -0.39 is 5.97 Å². The number of nitrogens with one attached hydrogen (secondary N) is 1. The zero-order chi connectivity index (χ0) is 16.9. The summed E-state index contributed by atoms with van der Waals surface area (Å²) in [5.74, 6) is 0.915. The largest absolute Gasteiger partial charge is 0.464 e. The molecule has 1 saturated heterocycles. The number of carbonyl (C=O) groups is 1. The second-order valence-corrected chi connectivity index (χ2v) is 5.71. The zero-order valence-corrected chi connectivity index (χ0v) is 13.9. The van der Waals surface area contributed by atoms with Crippen LogP contribution in [0.4, 0.5) is 11.6 Å². The molecule has 3 rings (SSSR count). The highest BCUT2D eigenvalue weighted by Gasteiger charge is 2.21. The second kappa shape index (κ2) is 7.39. The highest BCUT2D eigenvalue weighted by atomic mass is 35.5. The second-order valence-electron chi connectivity index (χ2n) is 5.37. The van der Waals surface area contributed by atoms with E-state index in [1.54, 1.807) is 18.6 Å². The maximum absolute atomic E-state index is 11.6. The molecule has 0 aliphatic carbocycles. The molecule has 8 nitrogen and oxygen atoms in total. The quantitative estimate of drug-likeness (QED) is 0.660. The van der Waals surface area contributed by atoms with Gasteiger partial charge in [0.05, 0.1) is 7.11 Å². The fourth-order valence-corrected chi connectivity index (χ4v) is 2.82. The smallest absolute Gasteiger partial charge is 0.356 e. The molecule has 2 aromatic rings. The number of anilines is 2. The van der Waals surface area contributed by atoms with E-state index in [0.717, 1.165) is 31.7 Å². The summed E-state index contributed by atoms with van der Waals surface area (Å²) in [5, 5.41) is 3.32. The number of esters is 1. The summed E-state index contributed by atoms with van der Waals surface area (Å²) in [7, 11) is 1.30. The Hall–Kier alpha value is -2.48. The molecule has 1 aliphatic rings. The molecule has 0 saturated carbocycles. The Morgan fingerprint density at radius 2 is 2.17 bits per heavy atom. The van der Waals surface area contributed by atoms with Crippen molar-refractivity contribution in [3.63, 3.8) is 0 Å². The Labute approximate surface area is 144 Å². The van der Waals surface area contributed by atoms with Gasteiger partial charge in [-0.25, -0.2) is 24.7 Å². The first-order chi connectivity index (χ1) is 11.7. The number of hydrogen-bond donors (Lipinski definition) is 1. The lowest BCUT2D eigenvalue weighted by molar-refractivity contribution is 0.0594. The average Bonchev–Trinajstić information content (AvgIpc) is 2.62. The van der Waals surface area contributed by atoms with Gasteiger partial charge in [0.15, 0.2) is 5.69 Å². The Morgan fingerprint density at radius 1 is 1.38 bits per heavy atom. The molecular formula is C15H17ClN6O2. The highest BCUT2D eigenvalue weighted by molar-refractivity contribution is 6.28. The van der Waals surface area contributed by atoms with Gasteiger partial charge in [-0.05, 0) is 30.5 Å². The fourth-order valence-electron chi connectivity index (χ4n) is 2.63. The van der Waals surface area contributed by atoms with Crippen LogP contribution in [-0.4, -0.2) is 52.1 Å². The lowest BCUT2D eigenvalue weighted by Gasteiger charge is -2.33. The molecule has 0 amide bonds. The predicted molar refractivity (Wildman–Crippen MR) is 89.3 cm³/mol. The van der Waals surface area contributed by atoms with Crippen LogP contribution in [-0.2, 0) is 4.74 Å². The van der Waals surface area contributed by atoms with Crippen LogP contribution in [0.25, 0.3) is 0 Å². The van der Waals surface area contributed by atoms with E-state index in [0.29, 0.717) is 5.82 Å². The van der Waals surface area contributed by atoms with Gasteiger partial charge in [-0.2, -0.15) is 0 Å². The van der Waals surface area contributed by atoms with Crippen molar-refractivity contribution >= 4 is 29.2 Å². The molecule has 0 spiro atoms. The molecule has 0 aromatic carbocycles. The van der Waals surface area contributed by atoms with Crippen molar-refractivity contribution in [2.45, 2.75) is 18.9 Å². The number of piperidine rings is 1. The minimum absolute atomic E-state index is 0.0128. The van der Waals surface area contributed by atoms with Gasteiger partial charge in [0.25, 0.3) is 0 Å². The van der Waals surface area contributed by atoms with Crippen molar-refractivity contribution in [1.29, 1.82) is 0 Å². The molecule has 1 fully saturated rings. The van der Waals surface area contributed by atoms with Crippen LogP contribution in [0.15, 0.2) is 24.7 Å². The van der Waals surface area contributed by atoms with Crippen molar-refractivity contribution in [2.24, 2.45) is 0 Å². The number of halogens is 1. The third-order valence-electron chi connectivity index (χ3n) is 3.83. The topological polar surface area (TPSA) is 93.1 Å². The number of rotatable bonds is 4. The molecule has 0 unspecified atom stereocenters. The van der Waals surface area contributed by atoms with Gasteiger partial charge in [0.1, 0.15) is 18.0 Å². The summed E-state index contributed by atoms with van der Waals surface area (Å²) in [6.07, 6.45) is 5.12. The van der Waals surface area contributed by atoms with E-state index in [4.69, 9.17) is 11.6 Å². The van der Waals surface area contributed by atoms with Gasteiger partial charge < -0.3 is 15.0 Å². The van der Waals surface area contributed by atoms with E-state index in [1.807, 2.05) is 6.07 Å². The lowest BCUT2D eigenvalue weighted by atomic mass is 10.1. The van der Waals surface area contributed by atoms with Crippen molar-refractivity contribution in [3.05, 3.63) is 35.6 Å². The summed E-state index contributed by atoms with van der Waals surface area (Å²) in [6.45, 7) is 1.74. The summed E-state index contributed by atoms with van der Waals surface area (Å²) in [4.78, 5) is 30.0. The number of aromatic nitrogens is 4. The lowest BCUT2D eigenvalue weighted by Crippen LogP contribution is -2.39.